The summed E-state index contributed by atoms with van der Waals surface area (Å²) in [5.41, 5.74) is 8.99. The molecule has 0 radical (unpaired) electrons. The predicted molar refractivity (Wildman–Crippen MR) is 82.8 cm³/mol. The minimum atomic E-state index is 0.528. The van der Waals surface area contributed by atoms with Crippen LogP contribution in [0.2, 0.25) is 5.02 Å². The zero-order valence-electron chi connectivity index (χ0n) is 11.6. The van der Waals surface area contributed by atoms with Crippen LogP contribution in [0.4, 0.5) is 5.82 Å². The van der Waals surface area contributed by atoms with Gasteiger partial charge < -0.3 is 5.73 Å². The van der Waals surface area contributed by atoms with Gasteiger partial charge in [-0.1, -0.05) is 36.6 Å². The molecule has 1 aromatic carbocycles. The lowest BCUT2D eigenvalue weighted by molar-refractivity contribution is 0.696. The Bertz CT molecular complexity index is 634. The Kier molecular flexibility index (Phi) is 3.62. The van der Waals surface area contributed by atoms with E-state index in [1.165, 1.54) is 25.7 Å². The van der Waals surface area contributed by atoms with Crippen molar-refractivity contribution in [3.05, 3.63) is 40.5 Å². The van der Waals surface area contributed by atoms with Gasteiger partial charge >= 0.3 is 0 Å². The van der Waals surface area contributed by atoms with Gasteiger partial charge in [-0.05, 0) is 31.4 Å². The van der Waals surface area contributed by atoms with E-state index < -0.39 is 0 Å². The van der Waals surface area contributed by atoms with Gasteiger partial charge in [0.15, 0.2) is 5.82 Å². The van der Waals surface area contributed by atoms with Crippen molar-refractivity contribution < 1.29 is 0 Å². The van der Waals surface area contributed by atoms with E-state index in [1.807, 2.05) is 31.2 Å². The number of nitrogens with zero attached hydrogens (tertiary/aromatic N) is 2. The lowest BCUT2D eigenvalue weighted by Gasteiger charge is -2.11. The molecule has 1 heterocycles. The van der Waals surface area contributed by atoms with Crippen LogP contribution in [0.15, 0.2) is 24.3 Å². The van der Waals surface area contributed by atoms with E-state index >= 15 is 0 Å². The number of aryl methyl sites for hydroxylation is 1. The Balaban J connectivity index is 2.02. The van der Waals surface area contributed by atoms with Crippen LogP contribution < -0.4 is 5.73 Å². The Hall–Kier alpha value is -1.61. The maximum absolute atomic E-state index is 6.18. The van der Waals surface area contributed by atoms with Gasteiger partial charge in [-0.15, -0.1) is 0 Å². The molecule has 1 aliphatic carbocycles. The summed E-state index contributed by atoms with van der Waals surface area (Å²) >= 11 is 6.18. The summed E-state index contributed by atoms with van der Waals surface area (Å²) in [5.74, 6) is 1.74. The van der Waals surface area contributed by atoms with Gasteiger partial charge in [-0.25, -0.2) is 9.97 Å². The molecule has 0 bridgehead atoms. The van der Waals surface area contributed by atoms with Gasteiger partial charge in [0, 0.05) is 28.3 Å². The van der Waals surface area contributed by atoms with E-state index in [9.17, 15) is 0 Å². The lowest BCUT2D eigenvalue weighted by atomic mass is 10.0. The van der Waals surface area contributed by atoms with Crippen molar-refractivity contribution in [3.8, 4) is 11.4 Å². The molecule has 0 atom stereocenters. The third-order valence-corrected chi connectivity index (χ3v) is 4.38. The Morgan fingerprint density at radius 2 is 1.90 bits per heavy atom. The predicted octanol–water partition coefficient (Wildman–Crippen LogP) is 4.35. The fourth-order valence-electron chi connectivity index (χ4n) is 2.78. The first-order chi connectivity index (χ1) is 9.63. The second-order valence-electron chi connectivity index (χ2n) is 5.49. The molecule has 3 rings (SSSR count). The summed E-state index contributed by atoms with van der Waals surface area (Å²) in [4.78, 5) is 9.06. The second kappa shape index (κ2) is 5.41. The number of nitrogen functional groups attached to an aromatic ring is 1. The standard InChI is InChI=1S/C16H18ClN3/c1-10-6-7-12(8-13(10)17)16-19-14(9-15(18)20-16)11-4-2-3-5-11/h6-9,11H,2-5H2,1H3,(H2,18,19,20). The number of aromatic nitrogens is 2. The fraction of sp³-hybridized carbons (Fsp3) is 0.375. The number of anilines is 1. The number of hydrogen-bond donors (Lipinski definition) is 1. The highest BCUT2D eigenvalue weighted by Gasteiger charge is 2.20. The van der Waals surface area contributed by atoms with Crippen LogP contribution in [-0.4, -0.2) is 9.97 Å². The van der Waals surface area contributed by atoms with Crippen LogP contribution >= 0.6 is 11.6 Å². The van der Waals surface area contributed by atoms with Crippen molar-refractivity contribution in [1.29, 1.82) is 0 Å². The van der Waals surface area contributed by atoms with Gasteiger partial charge in [0.25, 0.3) is 0 Å². The maximum Gasteiger partial charge on any atom is 0.161 e. The van der Waals surface area contributed by atoms with Gasteiger partial charge in [-0.2, -0.15) is 0 Å². The molecule has 0 saturated heterocycles. The van der Waals surface area contributed by atoms with Crippen LogP contribution in [0, 0.1) is 6.92 Å². The van der Waals surface area contributed by atoms with Crippen molar-refractivity contribution in [2.24, 2.45) is 0 Å². The summed E-state index contributed by atoms with van der Waals surface area (Å²) in [5, 5.41) is 0.732. The summed E-state index contributed by atoms with van der Waals surface area (Å²) in [6, 6.07) is 7.80. The minimum Gasteiger partial charge on any atom is -0.384 e. The van der Waals surface area contributed by atoms with E-state index in [0.717, 1.165) is 21.8 Å². The SMILES string of the molecule is Cc1ccc(-c2nc(N)cc(C3CCCC3)n2)cc1Cl. The first kappa shape index (κ1) is 13.4. The average molecular weight is 288 g/mol. The highest BCUT2D eigenvalue weighted by Crippen LogP contribution is 2.34. The van der Waals surface area contributed by atoms with Crippen LogP contribution in [0.1, 0.15) is 42.9 Å². The van der Waals surface area contributed by atoms with Crippen molar-refractivity contribution in [3.63, 3.8) is 0 Å². The monoisotopic (exact) mass is 287 g/mol. The van der Waals surface area contributed by atoms with Crippen molar-refractivity contribution in [2.75, 3.05) is 5.73 Å². The highest BCUT2D eigenvalue weighted by atomic mass is 35.5. The van der Waals surface area contributed by atoms with Gasteiger partial charge in [0.1, 0.15) is 5.82 Å². The lowest BCUT2D eigenvalue weighted by Crippen LogP contribution is -2.03. The molecule has 3 nitrogen and oxygen atoms in total. The van der Waals surface area contributed by atoms with E-state index in [0.29, 0.717) is 17.6 Å². The molecule has 0 unspecified atom stereocenters. The van der Waals surface area contributed by atoms with E-state index in [-0.39, 0.29) is 0 Å². The van der Waals surface area contributed by atoms with Crippen molar-refractivity contribution >= 4 is 17.4 Å². The molecule has 2 N–H and O–H groups in total. The molecule has 0 aliphatic heterocycles. The smallest absolute Gasteiger partial charge is 0.161 e. The second-order valence-corrected chi connectivity index (χ2v) is 5.89. The van der Waals surface area contributed by atoms with Crippen molar-refractivity contribution in [1.82, 2.24) is 9.97 Å². The van der Waals surface area contributed by atoms with Crippen LogP contribution in [0.5, 0.6) is 0 Å². The summed E-state index contributed by atoms with van der Waals surface area (Å²) in [6.07, 6.45) is 4.95. The Labute approximate surface area is 124 Å². The molecule has 4 heteroatoms. The van der Waals surface area contributed by atoms with Crippen LogP contribution in [0.3, 0.4) is 0 Å². The Morgan fingerprint density at radius 1 is 1.15 bits per heavy atom. The number of nitrogens with two attached hydrogens (primary N) is 1. The molecule has 2 aromatic rings. The quantitative estimate of drug-likeness (QED) is 0.893. The largest absolute Gasteiger partial charge is 0.384 e. The highest BCUT2D eigenvalue weighted by molar-refractivity contribution is 6.31. The molecule has 1 fully saturated rings. The number of hydrogen-bond acceptors (Lipinski definition) is 3. The molecule has 0 amide bonds. The summed E-state index contributed by atoms with van der Waals surface area (Å²) < 4.78 is 0. The minimum absolute atomic E-state index is 0.528. The van der Waals surface area contributed by atoms with Crippen LogP contribution in [0.25, 0.3) is 11.4 Å². The Morgan fingerprint density at radius 3 is 2.60 bits per heavy atom. The number of halogens is 1. The molecule has 104 valence electrons. The summed E-state index contributed by atoms with van der Waals surface area (Å²) in [7, 11) is 0. The topological polar surface area (TPSA) is 51.8 Å². The van der Waals surface area contributed by atoms with Crippen molar-refractivity contribution in [2.45, 2.75) is 38.5 Å². The number of benzene rings is 1. The third kappa shape index (κ3) is 2.63. The van der Waals surface area contributed by atoms with Crippen LogP contribution in [-0.2, 0) is 0 Å². The van der Waals surface area contributed by atoms with Gasteiger partial charge in [0.05, 0.1) is 0 Å². The first-order valence-electron chi connectivity index (χ1n) is 7.04. The van der Waals surface area contributed by atoms with Gasteiger partial charge in [-0.3, -0.25) is 0 Å². The first-order valence-corrected chi connectivity index (χ1v) is 7.42. The van der Waals surface area contributed by atoms with E-state index in [1.54, 1.807) is 0 Å². The third-order valence-electron chi connectivity index (χ3n) is 3.97. The summed E-state index contributed by atoms with van der Waals surface area (Å²) in [6.45, 7) is 1.98. The molecule has 20 heavy (non-hydrogen) atoms. The molecule has 1 aliphatic rings. The zero-order valence-corrected chi connectivity index (χ0v) is 12.3. The average Bonchev–Trinajstić information content (AvgIpc) is 2.95. The molecular formula is C16H18ClN3. The molecule has 1 aromatic heterocycles. The van der Waals surface area contributed by atoms with E-state index in [4.69, 9.17) is 22.3 Å². The van der Waals surface area contributed by atoms with E-state index in [2.05, 4.69) is 4.98 Å². The molecule has 1 saturated carbocycles. The number of rotatable bonds is 2. The zero-order chi connectivity index (χ0) is 14.1. The normalized spacial score (nSPS) is 15.7. The van der Waals surface area contributed by atoms with Gasteiger partial charge in [0.2, 0.25) is 0 Å². The molecular weight excluding hydrogens is 270 g/mol. The molecule has 0 spiro atoms. The fourth-order valence-corrected chi connectivity index (χ4v) is 2.96. The maximum atomic E-state index is 6.18.